The molecule has 2 aromatic carbocycles. The Bertz CT molecular complexity index is 743. The molecule has 4 nitrogen and oxygen atoms in total. The van der Waals surface area contributed by atoms with Crippen molar-refractivity contribution in [2.24, 2.45) is 5.92 Å². The second-order valence-electron chi connectivity index (χ2n) is 6.94. The molecule has 1 aliphatic rings. The van der Waals surface area contributed by atoms with Gasteiger partial charge in [-0.2, -0.15) is 0 Å². The highest BCUT2D eigenvalue weighted by Gasteiger charge is 2.28. The predicted molar refractivity (Wildman–Crippen MR) is 97.7 cm³/mol. The van der Waals surface area contributed by atoms with E-state index in [4.69, 9.17) is 0 Å². The van der Waals surface area contributed by atoms with E-state index in [-0.39, 0.29) is 12.0 Å². The van der Waals surface area contributed by atoms with Gasteiger partial charge in [0.25, 0.3) is 0 Å². The number of hydrogen-bond acceptors (Lipinski definition) is 3. The highest BCUT2D eigenvalue weighted by molar-refractivity contribution is 5.89. The molecule has 2 atom stereocenters. The number of likely N-dealkylation sites (tertiary alicyclic amines) is 1. The molecule has 1 aliphatic heterocycles. The minimum absolute atomic E-state index is 0.257. The number of nitrogens with zero attached hydrogens (tertiary/aromatic N) is 1. The SMILES string of the molecule is Cc1ccccc1C[C@H]1CCN(Cc2ccccc2C(=O)O)C[C@@H]1O. The van der Waals surface area contributed by atoms with Crippen molar-refractivity contribution in [3.05, 3.63) is 70.8 Å². The first-order valence-electron chi connectivity index (χ1n) is 8.80. The van der Waals surface area contributed by atoms with Gasteiger partial charge in [0, 0.05) is 13.1 Å². The molecule has 0 bridgehead atoms. The van der Waals surface area contributed by atoms with Crippen LogP contribution in [0.3, 0.4) is 0 Å². The number of carboxylic acids is 1. The minimum Gasteiger partial charge on any atom is -0.478 e. The Morgan fingerprint density at radius 1 is 1.12 bits per heavy atom. The van der Waals surface area contributed by atoms with Crippen molar-refractivity contribution >= 4 is 5.97 Å². The second kappa shape index (κ2) is 7.81. The Morgan fingerprint density at radius 3 is 2.48 bits per heavy atom. The van der Waals surface area contributed by atoms with Crippen LogP contribution < -0.4 is 0 Å². The third-order valence-electron chi connectivity index (χ3n) is 5.19. The highest BCUT2D eigenvalue weighted by Crippen LogP contribution is 2.25. The molecular weight excluding hydrogens is 314 g/mol. The average Bonchev–Trinajstić information content (AvgIpc) is 2.59. The van der Waals surface area contributed by atoms with Gasteiger partial charge in [0.2, 0.25) is 0 Å². The number of hydrogen-bond donors (Lipinski definition) is 2. The first-order valence-corrected chi connectivity index (χ1v) is 8.80. The molecule has 0 spiro atoms. The Kier molecular flexibility index (Phi) is 5.51. The lowest BCUT2D eigenvalue weighted by Crippen LogP contribution is -2.44. The number of rotatable bonds is 5. The van der Waals surface area contributed by atoms with E-state index in [2.05, 4.69) is 24.0 Å². The number of benzene rings is 2. The summed E-state index contributed by atoms with van der Waals surface area (Å²) in [5, 5.41) is 19.9. The molecule has 2 N–H and O–H groups in total. The number of carbonyl (C=O) groups is 1. The Balaban J connectivity index is 1.62. The number of carboxylic acid groups (broad SMARTS) is 1. The molecule has 0 aliphatic carbocycles. The van der Waals surface area contributed by atoms with Crippen LogP contribution in [0.1, 0.15) is 33.5 Å². The standard InChI is InChI=1S/C21H25NO3/c1-15-6-2-3-7-16(15)12-17-10-11-22(14-20(17)23)13-18-8-4-5-9-19(18)21(24)25/h2-9,17,20,23H,10-14H2,1H3,(H,24,25)/t17-,20+/m1/s1. The van der Waals surface area contributed by atoms with E-state index in [0.717, 1.165) is 24.9 Å². The van der Waals surface area contributed by atoms with Gasteiger partial charge in [-0.05, 0) is 55.0 Å². The van der Waals surface area contributed by atoms with Crippen LogP contribution in [0.4, 0.5) is 0 Å². The molecule has 2 aromatic rings. The van der Waals surface area contributed by atoms with Crippen LogP contribution in [-0.2, 0) is 13.0 Å². The molecule has 4 heteroatoms. The van der Waals surface area contributed by atoms with Gasteiger partial charge in [-0.25, -0.2) is 4.79 Å². The average molecular weight is 339 g/mol. The van der Waals surface area contributed by atoms with E-state index in [9.17, 15) is 15.0 Å². The first-order chi connectivity index (χ1) is 12.0. The Morgan fingerprint density at radius 2 is 1.80 bits per heavy atom. The fourth-order valence-corrected chi connectivity index (χ4v) is 3.66. The molecule has 3 rings (SSSR count). The second-order valence-corrected chi connectivity index (χ2v) is 6.94. The number of aryl methyl sites for hydroxylation is 1. The topological polar surface area (TPSA) is 60.8 Å². The van der Waals surface area contributed by atoms with Crippen LogP contribution in [0.15, 0.2) is 48.5 Å². The number of aliphatic hydroxyl groups excluding tert-OH is 1. The maximum atomic E-state index is 11.3. The predicted octanol–water partition coefficient (Wildman–Crippen LogP) is 3.12. The van der Waals surface area contributed by atoms with E-state index >= 15 is 0 Å². The van der Waals surface area contributed by atoms with E-state index in [1.165, 1.54) is 11.1 Å². The summed E-state index contributed by atoms with van der Waals surface area (Å²) in [4.78, 5) is 13.5. The zero-order valence-electron chi connectivity index (χ0n) is 14.6. The molecule has 0 aromatic heterocycles. The van der Waals surface area contributed by atoms with E-state index in [1.807, 2.05) is 24.3 Å². The number of aliphatic hydroxyl groups is 1. The molecule has 1 heterocycles. The maximum Gasteiger partial charge on any atom is 0.336 e. The lowest BCUT2D eigenvalue weighted by Gasteiger charge is -2.36. The van der Waals surface area contributed by atoms with Crippen LogP contribution in [0.2, 0.25) is 0 Å². The molecule has 0 unspecified atom stereocenters. The lowest BCUT2D eigenvalue weighted by molar-refractivity contribution is 0.0186. The summed E-state index contributed by atoms with van der Waals surface area (Å²) >= 11 is 0. The number of aromatic carboxylic acids is 1. The van der Waals surface area contributed by atoms with Crippen molar-refractivity contribution in [3.8, 4) is 0 Å². The Hall–Kier alpha value is -2.17. The van der Waals surface area contributed by atoms with E-state index < -0.39 is 5.97 Å². The van der Waals surface area contributed by atoms with Gasteiger partial charge in [0.1, 0.15) is 0 Å². The first kappa shape index (κ1) is 17.6. The van der Waals surface area contributed by atoms with Crippen LogP contribution in [-0.4, -0.2) is 40.3 Å². The van der Waals surface area contributed by atoms with Gasteiger partial charge in [0.05, 0.1) is 11.7 Å². The van der Waals surface area contributed by atoms with Gasteiger partial charge >= 0.3 is 5.97 Å². The summed E-state index contributed by atoms with van der Waals surface area (Å²) in [7, 11) is 0. The summed E-state index contributed by atoms with van der Waals surface area (Å²) in [5.74, 6) is -0.641. The normalized spacial score (nSPS) is 21.2. The molecule has 25 heavy (non-hydrogen) atoms. The van der Waals surface area contributed by atoms with Gasteiger partial charge in [0.15, 0.2) is 0 Å². The van der Waals surface area contributed by atoms with Crippen molar-refractivity contribution in [2.75, 3.05) is 13.1 Å². The van der Waals surface area contributed by atoms with Crippen LogP contribution in [0.25, 0.3) is 0 Å². The molecule has 0 amide bonds. The molecule has 0 saturated carbocycles. The summed E-state index contributed by atoms with van der Waals surface area (Å²) in [6, 6.07) is 15.4. The zero-order valence-corrected chi connectivity index (χ0v) is 14.6. The van der Waals surface area contributed by atoms with Crippen LogP contribution in [0, 0.1) is 12.8 Å². The fourth-order valence-electron chi connectivity index (χ4n) is 3.66. The van der Waals surface area contributed by atoms with Gasteiger partial charge in [-0.15, -0.1) is 0 Å². The number of piperidine rings is 1. The number of β-amino-alcohol motifs (C(OH)–C–C–N with tert-alkyl or cyclic N) is 1. The molecule has 1 fully saturated rings. The molecule has 132 valence electrons. The van der Waals surface area contributed by atoms with Crippen molar-refractivity contribution in [2.45, 2.75) is 32.4 Å². The largest absolute Gasteiger partial charge is 0.478 e. The quantitative estimate of drug-likeness (QED) is 0.879. The summed E-state index contributed by atoms with van der Waals surface area (Å²) in [6.07, 6.45) is 1.43. The van der Waals surface area contributed by atoms with Crippen molar-refractivity contribution < 1.29 is 15.0 Å². The van der Waals surface area contributed by atoms with Crippen LogP contribution in [0.5, 0.6) is 0 Å². The third-order valence-corrected chi connectivity index (χ3v) is 5.19. The fraction of sp³-hybridized carbons (Fsp3) is 0.381. The lowest BCUT2D eigenvalue weighted by atomic mass is 9.86. The van der Waals surface area contributed by atoms with E-state index in [1.54, 1.807) is 12.1 Å². The summed E-state index contributed by atoms with van der Waals surface area (Å²) in [6.45, 7) is 4.14. The zero-order chi connectivity index (χ0) is 17.8. The van der Waals surface area contributed by atoms with Gasteiger partial charge in [-0.1, -0.05) is 42.5 Å². The molecule has 0 radical (unpaired) electrons. The van der Waals surface area contributed by atoms with Crippen LogP contribution >= 0.6 is 0 Å². The van der Waals surface area contributed by atoms with Crippen molar-refractivity contribution in [1.29, 1.82) is 0 Å². The van der Waals surface area contributed by atoms with E-state index in [0.29, 0.717) is 18.7 Å². The van der Waals surface area contributed by atoms with Crippen molar-refractivity contribution in [3.63, 3.8) is 0 Å². The molecular formula is C21H25NO3. The molecule has 1 saturated heterocycles. The summed E-state index contributed by atoms with van der Waals surface area (Å²) in [5.41, 5.74) is 3.72. The summed E-state index contributed by atoms with van der Waals surface area (Å²) < 4.78 is 0. The Labute approximate surface area is 148 Å². The smallest absolute Gasteiger partial charge is 0.336 e. The maximum absolute atomic E-state index is 11.3. The minimum atomic E-state index is -0.898. The van der Waals surface area contributed by atoms with Gasteiger partial charge in [-0.3, -0.25) is 4.90 Å². The van der Waals surface area contributed by atoms with Crippen molar-refractivity contribution in [1.82, 2.24) is 4.90 Å². The van der Waals surface area contributed by atoms with Gasteiger partial charge < -0.3 is 10.2 Å². The monoisotopic (exact) mass is 339 g/mol. The highest BCUT2D eigenvalue weighted by atomic mass is 16.4. The third kappa shape index (κ3) is 4.27.